The Morgan fingerprint density at radius 2 is 2.12 bits per heavy atom. The predicted molar refractivity (Wildman–Crippen MR) is 68.5 cm³/mol. The molecule has 0 amide bonds. The molecule has 0 saturated heterocycles. The van der Waals surface area contributed by atoms with Gasteiger partial charge in [0.25, 0.3) is 0 Å². The van der Waals surface area contributed by atoms with Crippen molar-refractivity contribution in [3.8, 4) is 0 Å². The number of nitrogens with two attached hydrogens (primary N) is 1. The lowest BCUT2D eigenvalue weighted by molar-refractivity contribution is -0.0752. The highest BCUT2D eigenvalue weighted by Gasteiger charge is 2.39. The third kappa shape index (κ3) is 2.72. The van der Waals surface area contributed by atoms with Gasteiger partial charge in [0.05, 0.1) is 13.2 Å². The lowest BCUT2D eigenvalue weighted by atomic mass is 9.87. The molecule has 0 aromatic heterocycles. The molecule has 2 N–H and O–H groups in total. The summed E-state index contributed by atoms with van der Waals surface area (Å²) in [4.78, 5) is 0. The standard InChI is InChI=1S/C14H23NO2/c1-10(12-4-5-12)17-14(11(2)15)8-6-13(16-3)7-9-14/h6-8,10-12H,4-5,9,15H2,1-3H3/t10-,11?,14-/m0/s1. The van der Waals surface area contributed by atoms with Gasteiger partial charge in [-0.2, -0.15) is 0 Å². The molecule has 3 atom stereocenters. The summed E-state index contributed by atoms with van der Waals surface area (Å²) >= 11 is 0. The van der Waals surface area contributed by atoms with Crippen LogP contribution in [0.15, 0.2) is 24.0 Å². The summed E-state index contributed by atoms with van der Waals surface area (Å²) < 4.78 is 11.5. The number of methoxy groups -OCH3 is 1. The van der Waals surface area contributed by atoms with E-state index in [0.717, 1.165) is 18.1 Å². The summed E-state index contributed by atoms with van der Waals surface area (Å²) in [5, 5.41) is 0. The summed E-state index contributed by atoms with van der Waals surface area (Å²) in [6.45, 7) is 4.17. The molecule has 1 unspecified atom stereocenters. The molecule has 0 radical (unpaired) electrons. The molecule has 0 bridgehead atoms. The second-order valence-electron chi connectivity index (χ2n) is 5.25. The van der Waals surface area contributed by atoms with E-state index in [1.807, 2.05) is 13.0 Å². The molecule has 96 valence electrons. The van der Waals surface area contributed by atoms with Crippen LogP contribution in [0.25, 0.3) is 0 Å². The first kappa shape index (κ1) is 12.7. The number of allylic oxidation sites excluding steroid dienone is 1. The van der Waals surface area contributed by atoms with Crippen LogP contribution in [0.4, 0.5) is 0 Å². The van der Waals surface area contributed by atoms with Crippen molar-refractivity contribution in [2.45, 2.75) is 50.9 Å². The third-order valence-electron chi connectivity index (χ3n) is 3.85. The van der Waals surface area contributed by atoms with E-state index in [1.165, 1.54) is 12.8 Å². The van der Waals surface area contributed by atoms with Crippen LogP contribution in [0.1, 0.15) is 33.1 Å². The Balaban J connectivity index is 2.06. The fourth-order valence-electron chi connectivity index (χ4n) is 2.31. The van der Waals surface area contributed by atoms with Crippen molar-refractivity contribution in [3.63, 3.8) is 0 Å². The molecule has 0 aliphatic heterocycles. The van der Waals surface area contributed by atoms with Gasteiger partial charge in [0.1, 0.15) is 11.4 Å². The van der Waals surface area contributed by atoms with Crippen LogP contribution in [0.3, 0.4) is 0 Å². The highest BCUT2D eigenvalue weighted by Crippen LogP contribution is 2.38. The monoisotopic (exact) mass is 237 g/mol. The minimum absolute atomic E-state index is 0.0189. The van der Waals surface area contributed by atoms with Gasteiger partial charge in [0.2, 0.25) is 0 Å². The molecular weight excluding hydrogens is 214 g/mol. The topological polar surface area (TPSA) is 44.5 Å². The van der Waals surface area contributed by atoms with Crippen LogP contribution in [0.2, 0.25) is 0 Å². The Labute approximate surface area is 104 Å². The van der Waals surface area contributed by atoms with Crippen LogP contribution < -0.4 is 5.73 Å². The number of hydrogen-bond acceptors (Lipinski definition) is 3. The first-order valence-electron chi connectivity index (χ1n) is 6.44. The Hall–Kier alpha value is -0.800. The highest BCUT2D eigenvalue weighted by atomic mass is 16.5. The van der Waals surface area contributed by atoms with Crippen molar-refractivity contribution < 1.29 is 9.47 Å². The maximum absolute atomic E-state index is 6.25. The van der Waals surface area contributed by atoms with Crippen LogP contribution in [-0.4, -0.2) is 24.9 Å². The average molecular weight is 237 g/mol. The van der Waals surface area contributed by atoms with Crippen molar-refractivity contribution in [2.75, 3.05) is 7.11 Å². The van der Waals surface area contributed by atoms with Gasteiger partial charge in [-0.25, -0.2) is 0 Å². The summed E-state index contributed by atoms with van der Waals surface area (Å²) in [6, 6.07) is -0.0189. The average Bonchev–Trinajstić information content (AvgIpc) is 3.13. The summed E-state index contributed by atoms with van der Waals surface area (Å²) in [5.74, 6) is 1.62. The third-order valence-corrected chi connectivity index (χ3v) is 3.85. The fourth-order valence-corrected chi connectivity index (χ4v) is 2.31. The fraction of sp³-hybridized carbons (Fsp3) is 0.714. The van der Waals surface area contributed by atoms with Crippen molar-refractivity contribution in [1.29, 1.82) is 0 Å². The first-order chi connectivity index (χ1) is 8.07. The van der Waals surface area contributed by atoms with Gasteiger partial charge in [-0.05, 0) is 50.8 Å². The molecule has 3 heteroatoms. The van der Waals surface area contributed by atoms with Gasteiger partial charge in [0, 0.05) is 12.5 Å². The quantitative estimate of drug-likeness (QED) is 0.798. The maximum atomic E-state index is 6.25. The van der Waals surface area contributed by atoms with Gasteiger partial charge in [-0.3, -0.25) is 0 Å². The van der Waals surface area contributed by atoms with E-state index in [0.29, 0.717) is 6.10 Å². The SMILES string of the molecule is COC1=CC[C@](O[C@@H](C)C2CC2)(C(C)N)C=C1. The smallest absolute Gasteiger partial charge is 0.114 e. The van der Waals surface area contributed by atoms with Gasteiger partial charge in [-0.1, -0.05) is 0 Å². The minimum atomic E-state index is -0.357. The van der Waals surface area contributed by atoms with Gasteiger partial charge in [-0.15, -0.1) is 0 Å². The largest absolute Gasteiger partial charge is 0.497 e. The van der Waals surface area contributed by atoms with Crippen LogP contribution in [0.5, 0.6) is 0 Å². The van der Waals surface area contributed by atoms with Gasteiger partial charge in [0.15, 0.2) is 0 Å². The molecule has 0 spiro atoms. The van der Waals surface area contributed by atoms with Crippen molar-refractivity contribution >= 4 is 0 Å². The van der Waals surface area contributed by atoms with Crippen LogP contribution in [-0.2, 0) is 9.47 Å². The van der Waals surface area contributed by atoms with E-state index >= 15 is 0 Å². The molecule has 2 rings (SSSR count). The molecule has 2 aliphatic rings. The van der Waals surface area contributed by atoms with Crippen molar-refractivity contribution in [1.82, 2.24) is 0 Å². The summed E-state index contributed by atoms with van der Waals surface area (Å²) in [5.41, 5.74) is 5.75. The molecule has 1 fully saturated rings. The van der Waals surface area contributed by atoms with E-state index in [9.17, 15) is 0 Å². The second kappa shape index (κ2) is 4.83. The Morgan fingerprint density at radius 3 is 2.53 bits per heavy atom. The first-order valence-corrected chi connectivity index (χ1v) is 6.44. The summed E-state index contributed by atoms with van der Waals surface area (Å²) in [6.07, 6.45) is 9.76. The summed E-state index contributed by atoms with van der Waals surface area (Å²) in [7, 11) is 1.68. The van der Waals surface area contributed by atoms with E-state index in [4.69, 9.17) is 15.2 Å². The Bertz CT molecular complexity index is 331. The second-order valence-corrected chi connectivity index (χ2v) is 5.25. The highest BCUT2D eigenvalue weighted by molar-refractivity contribution is 5.26. The lowest BCUT2D eigenvalue weighted by Gasteiger charge is -2.38. The Morgan fingerprint density at radius 1 is 1.41 bits per heavy atom. The maximum Gasteiger partial charge on any atom is 0.114 e. The molecule has 0 aromatic carbocycles. The zero-order valence-corrected chi connectivity index (χ0v) is 11.0. The van der Waals surface area contributed by atoms with E-state index in [1.54, 1.807) is 7.11 Å². The molecule has 17 heavy (non-hydrogen) atoms. The molecule has 1 saturated carbocycles. The zero-order valence-electron chi connectivity index (χ0n) is 11.0. The molecule has 0 heterocycles. The molecule has 2 aliphatic carbocycles. The van der Waals surface area contributed by atoms with Crippen LogP contribution >= 0.6 is 0 Å². The zero-order chi connectivity index (χ0) is 12.5. The van der Waals surface area contributed by atoms with Crippen molar-refractivity contribution in [3.05, 3.63) is 24.0 Å². The molecule has 0 aromatic rings. The van der Waals surface area contributed by atoms with Gasteiger partial charge < -0.3 is 15.2 Å². The minimum Gasteiger partial charge on any atom is -0.497 e. The van der Waals surface area contributed by atoms with E-state index in [2.05, 4.69) is 19.1 Å². The predicted octanol–water partition coefficient (Wildman–Crippen LogP) is 2.38. The Kier molecular flexibility index (Phi) is 3.59. The number of ether oxygens (including phenoxy) is 2. The molecule has 3 nitrogen and oxygen atoms in total. The number of hydrogen-bond donors (Lipinski definition) is 1. The van der Waals surface area contributed by atoms with E-state index < -0.39 is 0 Å². The molecular formula is C14H23NO2. The van der Waals surface area contributed by atoms with Gasteiger partial charge >= 0.3 is 0 Å². The van der Waals surface area contributed by atoms with E-state index in [-0.39, 0.29) is 11.6 Å². The normalized spacial score (nSPS) is 31.9. The lowest BCUT2D eigenvalue weighted by Crippen LogP contribution is -2.49. The van der Waals surface area contributed by atoms with Crippen molar-refractivity contribution in [2.24, 2.45) is 11.7 Å². The number of rotatable bonds is 5. The van der Waals surface area contributed by atoms with Crippen LogP contribution in [0, 0.1) is 5.92 Å².